The first-order chi connectivity index (χ1) is 24.8. The van der Waals surface area contributed by atoms with Crippen molar-refractivity contribution in [3.05, 3.63) is 158 Å². The van der Waals surface area contributed by atoms with Crippen molar-refractivity contribution >= 4 is 92.3 Å². The SMILES string of the molecule is c1ccc2cc(-c3nc(-n4c5cc6c7ccccc7n7c8ccccc8c(c5c5ccc8ccccc8c54)c67)nc4ccccc34)ccc2c1. The zero-order valence-corrected chi connectivity index (χ0v) is 26.8. The molecule has 0 aliphatic heterocycles. The zero-order valence-electron chi connectivity index (χ0n) is 26.8. The van der Waals surface area contributed by atoms with Gasteiger partial charge in [0.25, 0.3) is 0 Å². The van der Waals surface area contributed by atoms with Crippen molar-refractivity contribution in [2.45, 2.75) is 0 Å². The van der Waals surface area contributed by atoms with Crippen LogP contribution in [0.3, 0.4) is 0 Å². The Kier molecular flexibility index (Phi) is 4.94. The second-order valence-corrected chi connectivity index (χ2v) is 13.4. The summed E-state index contributed by atoms with van der Waals surface area (Å²) in [7, 11) is 0. The Hall–Kier alpha value is -6.78. The molecule has 4 heterocycles. The smallest absolute Gasteiger partial charge is 0.235 e. The molecule has 0 amide bonds. The Morgan fingerprint density at radius 1 is 0.380 bits per heavy atom. The van der Waals surface area contributed by atoms with Crippen LogP contribution in [0.15, 0.2) is 158 Å². The Morgan fingerprint density at radius 2 is 1.04 bits per heavy atom. The van der Waals surface area contributed by atoms with Crippen LogP contribution >= 0.6 is 0 Å². The third kappa shape index (κ3) is 3.30. The number of hydrogen-bond donors (Lipinski definition) is 0. The Bertz CT molecular complexity index is 3380. The lowest BCUT2D eigenvalue weighted by Gasteiger charge is -2.13. The van der Waals surface area contributed by atoms with Gasteiger partial charge < -0.3 is 4.40 Å². The van der Waals surface area contributed by atoms with Crippen molar-refractivity contribution in [2.24, 2.45) is 0 Å². The molecule has 50 heavy (non-hydrogen) atoms. The van der Waals surface area contributed by atoms with Gasteiger partial charge >= 0.3 is 0 Å². The monoisotopic (exact) mass is 634 g/mol. The van der Waals surface area contributed by atoms with E-state index >= 15 is 0 Å². The van der Waals surface area contributed by atoms with Gasteiger partial charge in [-0.25, -0.2) is 9.97 Å². The lowest BCUT2D eigenvalue weighted by molar-refractivity contribution is 1.02. The molecule has 0 atom stereocenters. The minimum atomic E-state index is 0.671. The van der Waals surface area contributed by atoms with Gasteiger partial charge in [-0.1, -0.05) is 127 Å². The van der Waals surface area contributed by atoms with Gasteiger partial charge in [0.1, 0.15) is 0 Å². The zero-order chi connectivity index (χ0) is 32.5. The van der Waals surface area contributed by atoms with Gasteiger partial charge in [0.2, 0.25) is 5.95 Å². The first-order valence-corrected chi connectivity index (χ1v) is 17.1. The summed E-state index contributed by atoms with van der Waals surface area (Å²) < 4.78 is 4.80. The number of para-hydroxylation sites is 3. The largest absolute Gasteiger partial charge is 0.308 e. The molecule has 0 N–H and O–H groups in total. The fourth-order valence-corrected chi connectivity index (χ4v) is 8.70. The van der Waals surface area contributed by atoms with Crippen molar-refractivity contribution in [3.63, 3.8) is 0 Å². The minimum Gasteiger partial charge on any atom is -0.308 e. The molecule has 0 aliphatic carbocycles. The van der Waals surface area contributed by atoms with Gasteiger partial charge in [-0.15, -0.1) is 0 Å². The average Bonchev–Trinajstić information content (AvgIpc) is 3.82. The van der Waals surface area contributed by atoms with E-state index in [1.165, 1.54) is 70.4 Å². The summed E-state index contributed by atoms with van der Waals surface area (Å²) in [4.78, 5) is 10.9. The molecule has 0 saturated heterocycles. The molecule has 4 heteroatoms. The maximum atomic E-state index is 5.52. The molecule has 8 aromatic carbocycles. The first kappa shape index (κ1) is 26.2. The van der Waals surface area contributed by atoms with Crippen LogP contribution in [0.5, 0.6) is 0 Å². The molecule has 0 unspecified atom stereocenters. The lowest BCUT2D eigenvalue weighted by atomic mass is 10.0. The summed E-state index contributed by atoms with van der Waals surface area (Å²) in [5.74, 6) is 0.671. The summed E-state index contributed by atoms with van der Waals surface area (Å²) in [6, 6.07) is 56.8. The summed E-state index contributed by atoms with van der Waals surface area (Å²) in [6.07, 6.45) is 0. The van der Waals surface area contributed by atoms with Gasteiger partial charge in [0, 0.05) is 48.7 Å². The molecule has 12 aromatic rings. The second-order valence-electron chi connectivity index (χ2n) is 13.4. The third-order valence-corrected chi connectivity index (χ3v) is 10.8. The molecular formula is C46H26N4. The van der Waals surface area contributed by atoms with Crippen molar-refractivity contribution in [1.29, 1.82) is 0 Å². The summed E-state index contributed by atoms with van der Waals surface area (Å²) in [5, 5.41) is 13.3. The molecule has 0 radical (unpaired) electrons. The summed E-state index contributed by atoms with van der Waals surface area (Å²) >= 11 is 0. The lowest BCUT2D eigenvalue weighted by Crippen LogP contribution is -2.03. The van der Waals surface area contributed by atoms with Crippen molar-refractivity contribution < 1.29 is 0 Å². The van der Waals surface area contributed by atoms with Crippen LogP contribution in [0.1, 0.15) is 0 Å². The van der Waals surface area contributed by atoms with Gasteiger partial charge in [-0.05, 0) is 46.5 Å². The van der Waals surface area contributed by atoms with E-state index in [0.29, 0.717) is 5.95 Å². The van der Waals surface area contributed by atoms with Crippen LogP contribution in [0.25, 0.3) is 110 Å². The normalized spacial score (nSPS) is 12.4. The van der Waals surface area contributed by atoms with E-state index in [1.54, 1.807) is 0 Å². The molecular weight excluding hydrogens is 609 g/mol. The van der Waals surface area contributed by atoms with E-state index in [9.17, 15) is 0 Å². The van der Waals surface area contributed by atoms with Gasteiger partial charge in [-0.2, -0.15) is 0 Å². The molecule has 0 bridgehead atoms. The molecule has 0 spiro atoms. The van der Waals surface area contributed by atoms with Crippen LogP contribution < -0.4 is 0 Å². The Labute approximate surface area is 285 Å². The number of benzene rings is 8. The van der Waals surface area contributed by atoms with Crippen LogP contribution in [0.2, 0.25) is 0 Å². The quantitative estimate of drug-likeness (QED) is 0.190. The fourth-order valence-electron chi connectivity index (χ4n) is 8.70. The predicted octanol–water partition coefficient (Wildman–Crippen LogP) is 11.9. The van der Waals surface area contributed by atoms with Gasteiger partial charge in [0.05, 0.1) is 38.8 Å². The van der Waals surface area contributed by atoms with Gasteiger partial charge in [0.15, 0.2) is 0 Å². The van der Waals surface area contributed by atoms with Crippen LogP contribution in [0, 0.1) is 0 Å². The molecule has 0 saturated carbocycles. The molecule has 12 rings (SSSR count). The maximum Gasteiger partial charge on any atom is 0.235 e. The average molecular weight is 635 g/mol. The van der Waals surface area contributed by atoms with E-state index in [-0.39, 0.29) is 0 Å². The van der Waals surface area contributed by atoms with Crippen LogP contribution in [-0.4, -0.2) is 18.9 Å². The van der Waals surface area contributed by atoms with E-state index in [1.807, 2.05) is 0 Å². The van der Waals surface area contributed by atoms with E-state index in [0.717, 1.165) is 33.2 Å². The Morgan fingerprint density at radius 3 is 1.90 bits per heavy atom. The van der Waals surface area contributed by atoms with E-state index < -0.39 is 0 Å². The molecule has 0 fully saturated rings. The standard InChI is InChI=1S/C46H26N4/c1-2-13-29-25-30(22-21-27(29)11-1)43-33-16-5-8-18-37(33)47-46(48-43)50-40-26-36-32-15-6-9-19-38(32)49-39-20-10-7-17-34(39)42(45(36)49)41(40)35-24-23-28-12-3-4-14-31(28)44(35)50/h1-26H. The van der Waals surface area contributed by atoms with Crippen LogP contribution in [0.4, 0.5) is 0 Å². The molecule has 4 nitrogen and oxygen atoms in total. The second kappa shape index (κ2) is 9.43. The first-order valence-electron chi connectivity index (χ1n) is 17.1. The third-order valence-electron chi connectivity index (χ3n) is 10.8. The van der Waals surface area contributed by atoms with E-state index in [2.05, 4.69) is 167 Å². The highest BCUT2D eigenvalue weighted by atomic mass is 15.2. The number of nitrogens with zero attached hydrogens (tertiary/aromatic N) is 4. The molecule has 0 aliphatic rings. The highest BCUT2D eigenvalue weighted by Crippen LogP contribution is 2.47. The minimum absolute atomic E-state index is 0.671. The Balaban J connectivity index is 1.31. The number of rotatable bonds is 2. The predicted molar refractivity (Wildman–Crippen MR) is 209 cm³/mol. The summed E-state index contributed by atoms with van der Waals surface area (Å²) in [5.41, 5.74) is 8.88. The van der Waals surface area contributed by atoms with E-state index in [4.69, 9.17) is 9.97 Å². The highest BCUT2D eigenvalue weighted by Gasteiger charge is 2.26. The van der Waals surface area contributed by atoms with Crippen LogP contribution in [-0.2, 0) is 0 Å². The maximum absolute atomic E-state index is 5.52. The van der Waals surface area contributed by atoms with Gasteiger partial charge in [-0.3, -0.25) is 4.57 Å². The van der Waals surface area contributed by atoms with Crippen molar-refractivity contribution in [2.75, 3.05) is 0 Å². The number of aromatic nitrogens is 4. The van der Waals surface area contributed by atoms with Crippen molar-refractivity contribution in [3.8, 4) is 17.2 Å². The summed E-state index contributed by atoms with van der Waals surface area (Å²) in [6.45, 7) is 0. The molecule has 230 valence electrons. The van der Waals surface area contributed by atoms with Crippen molar-refractivity contribution in [1.82, 2.24) is 18.9 Å². The molecule has 4 aromatic heterocycles. The number of fused-ring (bicyclic) bond motifs is 14. The fraction of sp³-hybridized carbons (Fsp3) is 0. The number of hydrogen-bond acceptors (Lipinski definition) is 2. The topological polar surface area (TPSA) is 35.1 Å². The highest BCUT2D eigenvalue weighted by molar-refractivity contribution is 6.37.